The van der Waals surface area contributed by atoms with Crippen molar-refractivity contribution in [3.05, 3.63) is 45.0 Å². The summed E-state index contributed by atoms with van der Waals surface area (Å²) in [4.78, 5) is 24.3. The van der Waals surface area contributed by atoms with Crippen LogP contribution < -0.4 is 16.4 Å². The van der Waals surface area contributed by atoms with E-state index in [-0.39, 0.29) is 11.1 Å². The van der Waals surface area contributed by atoms with Gasteiger partial charge in [0, 0.05) is 12.6 Å². The van der Waals surface area contributed by atoms with Crippen molar-refractivity contribution < 1.29 is 0 Å². The Morgan fingerprint density at radius 3 is 2.70 bits per heavy atom. The Labute approximate surface area is 116 Å². The zero-order valence-corrected chi connectivity index (χ0v) is 11.6. The molecule has 0 amide bonds. The van der Waals surface area contributed by atoms with Crippen molar-refractivity contribution >= 4 is 10.8 Å². The van der Waals surface area contributed by atoms with Crippen molar-refractivity contribution in [1.82, 2.24) is 15.1 Å². The highest BCUT2D eigenvalue weighted by atomic mass is 16.2. The molecule has 0 aliphatic heterocycles. The number of nitrogens with one attached hydrogen (secondary N) is 2. The molecule has 2 N–H and O–H groups in total. The van der Waals surface area contributed by atoms with Crippen LogP contribution in [0, 0.1) is 5.92 Å². The van der Waals surface area contributed by atoms with Gasteiger partial charge in [0.25, 0.3) is 11.1 Å². The van der Waals surface area contributed by atoms with Gasteiger partial charge in [-0.1, -0.05) is 19.1 Å². The Hall–Kier alpha value is -1.88. The molecule has 1 atom stereocenters. The molecule has 3 rings (SSSR count). The number of aromatic nitrogens is 2. The molecule has 0 bridgehead atoms. The number of hydrogen-bond donors (Lipinski definition) is 2. The third-order valence-corrected chi connectivity index (χ3v) is 3.71. The van der Waals surface area contributed by atoms with Crippen LogP contribution in [0.2, 0.25) is 0 Å². The Bertz CT molecular complexity index is 728. The van der Waals surface area contributed by atoms with Crippen LogP contribution in [-0.4, -0.2) is 22.4 Å². The zero-order chi connectivity index (χ0) is 14.1. The number of rotatable bonds is 5. The first kappa shape index (κ1) is 13.1. The average Bonchev–Trinajstić information content (AvgIpc) is 3.26. The molecule has 1 aliphatic carbocycles. The lowest BCUT2D eigenvalue weighted by molar-refractivity contribution is 0.409. The SMILES string of the molecule is CC(CNC1CC1)Cn1[nH]c(=O)c2ccccc2c1=O. The fourth-order valence-corrected chi connectivity index (χ4v) is 2.41. The summed E-state index contributed by atoms with van der Waals surface area (Å²) in [5.74, 6) is 0.296. The van der Waals surface area contributed by atoms with E-state index < -0.39 is 0 Å². The first-order chi connectivity index (χ1) is 9.65. The van der Waals surface area contributed by atoms with Crippen molar-refractivity contribution in [3.8, 4) is 0 Å². The number of fused-ring (bicyclic) bond motifs is 1. The molecule has 2 aromatic rings. The summed E-state index contributed by atoms with van der Waals surface area (Å²) in [5, 5.41) is 7.05. The summed E-state index contributed by atoms with van der Waals surface area (Å²) < 4.78 is 1.43. The minimum absolute atomic E-state index is 0.126. The maximum atomic E-state index is 12.3. The van der Waals surface area contributed by atoms with Gasteiger partial charge in [-0.25, -0.2) is 4.68 Å². The molecule has 5 heteroatoms. The lowest BCUT2D eigenvalue weighted by Gasteiger charge is -2.14. The van der Waals surface area contributed by atoms with Gasteiger partial charge in [0.1, 0.15) is 0 Å². The van der Waals surface area contributed by atoms with E-state index in [0.717, 1.165) is 6.54 Å². The van der Waals surface area contributed by atoms with Crippen molar-refractivity contribution in [2.24, 2.45) is 5.92 Å². The van der Waals surface area contributed by atoms with Crippen molar-refractivity contribution in [2.45, 2.75) is 32.4 Å². The van der Waals surface area contributed by atoms with E-state index >= 15 is 0 Å². The molecule has 5 nitrogen and oxygen atoms in total. The molecule has 0 radical (unpaired) electrons. The fraction of sp³-hybridized carbons (Fsp3) is 0.467. The number of benzene rings is 1. The molecular formula is C15H19N3O2. The van der Waals surface area contributed by atoms with E-state index in [4.69, 9.17) is 0 Å². The van der Waals surface area contributed by atoms with Crippen LogP contribution in [0.5, 0.6) is 0 Å². The minimum Gasteiger partial charge on any atom is -0.314 e. The smallest absolute Gasteiger partial charge is 0.273 e. The second-order valence-corrected chi connectivity index (χ2v) is 5.69. The lowest BCUT2D eigenvalue weighted by Crippen LogP contribution is -2.34. The summed E-state index contributed by atoms with van der Waals surface area (Å²) >= 11 is 0. The van der Waals surface area contributed by atoms with Gasteiger partial charge in [0.2, 0.25) is 0 Å². The van der Waals surface area contributed by atoms with Crippen molar-refractivity contribution in [1.29, 1.82) is 0 Å². The van der Waals surface area contributed by atoms with Crippen LogP contribution in [-0.2, 0) is 6.54 Å². The molecule has 20 heavy (non-hydrogen) atoms. The standard InChI is InChI=1S/C15H19N3O2/c1-10(8-16-11-6-7-11)9-18-15(20)13-5-3-2-4-12(13)14(19)17-18/h2-5,10-11,16H,6-9H2,1H3,(H,17,19). The summed E-state index contributed by atoms with van der Waals surface area (Å²) in [5.41, 5.74) is -0.332. The first-order valence-electron chi connectivity index (χ1n) is 7.10. The van der Waals surface area contributed by atoms with E-state index in [1.54, 1.807) is 24.3 Å². The quantitative estimate of drug-likeness (QED) is 0.856. The Morgan fingerprint density at radius 2 is 2.00 bits per heavy atom. The van der Waals surface area contributed by atoms with Gasteiger partial charge >= 0.3 is 0 Å². The molecule has 1 aromatic carbocycles. The largest absolute Gasteiger partial charge is 0.314 e. The molecular weight excluding hydrogens is 254 g/mol. The molecule has 1 aliphatic rings. The lowest BCUT2D eigenvalue weighted by atomic mass is 10.1. The summed E-state index contributed by atoms with van der Waals surface area (Å²) in [6.07, 6.45) is 2.50. The van der Waals surface area contributed by atoms with Crippen LogP contribution in [0.4, 0.5) is 0 Å². The van der Waals surface area contributed by atoms with Gasteiger partial charge in [0.15, 0.2) is 0 Å². The predicted molar refractivity (Wildman–Crippen MR) is 79.0 cm³/mol. The average molecular weight is 273 g/mol. The monoisotopic (exact) mass is 273 g/mol. The third kappa shape index (κ3) is 2.67. The molecule has 1 fully saturated rings. The zero-order valence-electron chi connectivity index (χ0n) is 11.6. The number of aromatic amines is 1. The normalized spacial score (nSPS) is 16.4. The van der Waals surface area contributed by atoms with Gasteiger partial charge in [-0.2, -0.15) is 0 Å². The van der Waals surface area contributed by atoms with E-state index in [0.29, 0.717) is 29.3 Å². The second kappa shape index (κ2) is 5.25. The maximum Gasteiger partial charge on any atom is 0.273 e. The van der Waals surface area contributed by atoms with Crippen LogP contribution in [0.15, 0.2) is 33.9 Å². The number of nitrogens with zero attached hydrogens (tertiary/aromatic N) is 1. The van der Waals surface area contributed by atoms with Crippen LogP contribution >= 0.6 is 0 Å². The summed E-state index contributed by atoms with van der Waals surface area (Å²) in [6, 6.07) is 7.59. The van der Waals surface area contributed by atoms with E-state index in [1.807, 2.05) is 0 Å². The van der Waals surface area contributed by atoms with Crippen LogP contribution in [0.3, 0.4) is 0 Å². The Kier molecular flexibility index (Phi) is 3.44. The molecule has 0 spiro atoms. The third-order valence-electron chi connectivity index (χ3n) is 3.71. The van der Waals surface area contributed by atoms with Crippen molar-refractivity contribution in [3.63, 3.8) is 0 Å². The van der Waals surface area contributed by atoms with Gasteiger partial charge in [-0.15, -0.1) is 0 Å². The Balaban J connectivity index is 1.85. The second-order valence-electron chi connectivity index (χ2n) is 5.69. The predicted octanol–water partition coefficient (Wildman–Crippen LogP) is 1.08. The van der Waals surface area contributed by atoms with Crippen LogP contribution in [0.25, 0.3) is 10.8 Å². The van der Waals surface area contributed by atoms with Gasteiger partial charge in [0.05, 0.1) is 10.8 Å². The van der Waals surface area contributed by atoms with Crippen LogP contribution in [0.1, 0.15) is 19.8 Å². The number of H-pyrrole nitrogens is 1. The van der Waals surface area contributed by atoms with E-state index in [2.05, 4.69) is 17.3 Å². The van der Waals surface area contributed by atoms with Gasteiger partial charge in [-0.3, -0.25) is 14.7 Å². The van der Waals surface area contributed by atoms with Gasteiger partial charge in [-0.05, 0) is 37.4 Å². The highest BCUT2D eigenvalue weighted by Crippen LogP contribution is 2.18. The summed E-state index contributed by atoms with van der Waals surface area (Å²) in [7, 11) is 0. The molecule has 1 saturated carbocycles. The minimum atomic E-state index is -0.206. The highest BCUT2D eigenvalue weighted by Gasteiger charge is 2.21. The summed E-state index contributed by atoms with van der Waals surface area (Å²) in [6.45, 7) is 3.47. The number of hydrogen-bond acceptors (Lipinski definition) is 3. The maximum absolute atomic E-state index is 12.3. The highest BCUT2D eigenvalue weighted by molar-refractivity contribution is 5.80. The molecule has 1 unspecified atom stereocenters. The Morgan fingerprint density at radius 1 is 1.30 bits per heavy atom. The topological polar surface area (TPSA) is 66.9 Å². The molecule has 1 heterocycles. The molecule has 1 aromatic heterocycles. The van der Waals surface area contributed by atoms with Gasteiger partial charge < -0.3 is 5.32 Å². The van der Waals surface area contributed by atoms with E-state index in [1.165, 1.54) is 17.5 Å². The first-order valence-corrected chi connectivity index (χ1v) is 7.10. The fourth-order valence-electron chi connectivity index (χ4n) is 2.41. The molecule has 0 saturated heterocycles. The van der Waals surface area contributed by atoms with Crippen molar-refractivity contribution in [2.75, 3.05) is 6.54 Å². The van der Waals surface area contributed by atoms with E-state index in [9.17, 15) is 9.59 Å². The molecule has 106 valence electrons.